The molecule has 1 aliphatic carbocycles. The van der Waals surface area contributed by atoms with Crippen molar-refractivity contribution in [1.29, 1.82) is 0 Å². The predicted molar refractivity (Wildman–Crippen MR) is 81.9 cm³/mol. The van der Waals surface area contributed by atoms with Gasteiger partial charge in [0.25, 0.3) is 0 Å². The minimum absolute atomic E-state index is 0.0876. The van der Waals surface area contributed by atoms with Crippen LogP contribution in [0.3, 0.4) is 0 Å². The molecule has 0 amide bonds. The first-order valence-electron chi connectivity index (χ1n) is 6.69. The monoisotopic (exact) mass is 346 g/mol. The summed E-state index contributed by atoms with van der Waals surface area (Å²) in [6.07, 6.45) is 5.16. The lowest BCUT2D eigenvalue weighted by Gasteiger charge is -2.38. The van der Waals surface area contributed by atoms with E-state index in [1.54, 1.807) is 13.2 Å². The van der Waals surface area contributed by atoms with Crippen molar-refractivity contribution >= 4 is 27.5 Å². The Morgan fingerprint density at radius 3 is 2.53 bits per heavy atom. The van der Waals surface area contributed by atoms with Crippen LogP contribution in [-0.2, 0) is 0 Å². The van der Waals surface area contributed by atoms with Gasteiger partial charge in [-0.2, -0.15) is 0 Å². The molecule has 0 aromatic heterocycles. The summed E-state index contributed by atoms with van der Waals surface area (Å²) in [6.45, 7) is 2.16. The fourth-order valence-electron chi connectivity index (χ4n) is 3.01. The van der Waals surface area contributed by atoms with Crippen molar-refractivity contribution in [3.63, 3.8) is 0 Å². The molecule has 1 unspecified atom stereocenters. The standard InChI is InChI=1S/C15H20BrClO2/c1-15(6-4-3-5-7-15)14(18)11-8-10(17)9-12(16)13(11)19-2/h8-9,14,18H,3-7H2,1-2H3. The maximum Gasteiger partial charge on any atom is 0.138 e. The number of aliphatic hydroxyl groups excluding tert-OH is 1. The molecule has 0 radical (unpaired) electrons. The number of rotatable bonds is 3. The third-order valence-electron chi connectivity index (χ3n) is 4.19. The van der Waals surface area contributed by atoms with Crippen LogP contribution in [-0.4, -0.2) is 12.2 Å². The smallest absolute Gasteiger partial charge is 0.138 e. The van der Waals surface area contributed by atoms with Gasteiger partial charge in [-0.1, -0.05) is 37.8 Å². The molecule has 0 aliphatic heterocycles. The quantitative estimate of drug-likeness (QED) is 0.823. The zero-order valence-corrected chi connectivity index (χ0v) is 13.7. The summed E-state index contributed by atoms with van der Waals surface area (Å²) in [6, 6.07) is 3.61. The van der Waals surface area contributed by atoms with E-state index in [4.69, 9.17) is 16.3 Å². The van der Waals surface area contributed by atoms with Gasteiger partial charge in [0.1, 0.15) is 5.75 Å². The van der Waals surface area contributed by atoms with Crippen LogP contribution in [0.15, 0.2) is 16.6 Å². The number of halogens is 2. The molecular weight excluding hydrogens is 328 g/mol. The molecule has 0 heterocycles. The number of benzene rings is 1. The van der Waals surface area contributed by atoms with Crippen LogP contribution in [0.5, 0.6) is 5.75 Å². The van der Waals surface area contributed by atoms with E-state index in [-0.39, 0.29) is 5.41 Å². The van der Waals surface area contributed by atoms with Gasteiger partial charge in [0.15, 0.2) is 0 Å². The number of aliphatic hydroxyl groups is 1. The van der Waals surface area contributed by atoms with Gasteiger partial charge >= 0.3 is 0 Å². The van der Waals surface area contributed by atoms with E-state index in [0.717, 1.165) is 22.9 Å². The highest BCUT2D eigenvalue weighted by atomic mass is 79.9. The SMILES string of the molecule is COc1c(Br)cc(Cl)cc1C(O)C1(C)CCCCC1. The van der Waals surface area contributed by atoms with E-state index in [2.05, 4.69) is 22.9 Å². The molecule has 1 aromatic rings. The topological polar surface area (TPSA) is 29.5 Å². The molecule has 0 bridgehead atoms. The Balaban J connectivity index is 2.39. The molecule has 2 rings (SSSR count). The first-order chi connectivity index (χ1) is 8.98. The average molecular weight is 348 g/mol. The Hall–Kier alpha value is -0.250. The summed E-state index contributed by atoms with van der Waals surface area (Å²) in [5.41, 5.74) is 0.696. The molecule has 1 fully saturated rings. The van der Waals surface area contributed by atoms with E-state index >= 15 is 0 Å². The average Bonchev–Trinajstić information content (AvgIpc) is 2.38. The van der Waals surface area contributed by atoms with Crippen molar-refractivity contribution in [1.82, 2.24) is 0 Å². The lowest BCUT2D eigenvalue weighted by Crippen LogP contribution is -2.28. The Morgan fingerprint density at radius 2 is 1.95 bits per heavy atom. The van der Waals surface area contributed by atoms with Crippen LogP contribution in [0.1, 0.15) is 50.7 Å². The summed E-state index contributed by atoms with van der Waals surface area (Å²) >= 11 is 9.56. The van der Waals surface area contributed by atoms with Gasteiger partial charge in [0.05, 0.1) is 17.7 Å². The zero-order valence-electron chi connectivity index (χ0n) is 11.4. The summed E-state index contributed by atoms with van der Waals surface area (Å²) in [7, 11) is 1.62. The summed E-state index contributed by atoms with van der Waals surface area (Å²) in [4.78, 5) is 0. The highest BCUT2D eigenvalue weighted by Crippen LogP contribution is 2.49. The maximum atomic E-state index is 10.8. The first kappa shape index (κ1) is 15.1. The summed E-state index contributed by atoms with van der Waals surface area (Å²) in [5.74, 6) is 0.684. The molecule has 4 heteroatoms. The Labute approximate surface area is 128 Å². The second-order valence-corrected chi connectivity index (χ2v) is 6.92. The predicted octanol–water partition coefficient (Wildman–Crippen LogP) is 5.11. The Morgan fingerprint density at radius 1 is 1.32 bits per heavy atom. The molecule has 1 N–H and O–H groups in total. The number of hydrogen-bond donors (Lipinski definition) is 1. The molecular formula is C15H20BrClO2. The minimum Gasteiger partial charge on any atom is -0.495 e. The minimum atomic E-state index is -0.544. The largest absolute Gasteiger partial charge is 0.495 e. The second-order valence-electron chi connectivity index (χ2n) is 5.63. The van der Waals surface area contributed by atoms with Crippen LogP contribution < -0.4 is 4.74 Å². The zero-order chi connectivity index (χ0) is 14.0. The van der Waals surface area contributed by atoms with Crippen LogP contribution >= 0.6 is 27.5 Å². The van der Waals surface area contributed by atoms with Gasteiger partial charge < -0.3 is 9.84 Å². The van der Waals surface area contributed by atoms with Crippen LogP contribution in [0.2, 0.25) is 5.02 Å². The molecule has 1 aliphatic rings. The lowest BCUT2D eigenvalue weighted by molar-refractivity contribution is 0.00664. The molecule has 1 atom stereocenters. The van der Waals surface area contributed by atoms with Gasteiger partial charge in [-0.25, -0.2) is 0 Å². The highest BCUT2D eigenvalue weighted by molar-refractivity contribution is 9.10. The third kappa shape index (κ3) is 3.09. The van der Waals surface area contributed by atoms with E-state index < -0.39 is 6.10 Å². The number of hydrogen-bond acceptors (Lipinski definition) is 2. The Kier molecular flexibility index (Phi) is 4.80. The number of methoxy groups -OCH3 is 1. The van der Waals surface area contributed by atoms with Crippen molar-refractivity contribution in [2.75, 3.05) is 7.11 Å². The Bertz CT molecular complexity index is 456. The molecule has 1 saturated carbocycles. The van der Waals surface area contributed by atoms with Crippen molar-refractivity contribution in [3.05, 3.63) is 27.2 Å². The fraction of sp³-hybridized carbons (Fsp3) is 0.600. The van der Waals surface area contributed by atoms with Gasteiger partial charge in [-0.05, 0) is 46.3 Å². The van der Waals surface area contributed by atoms with E-state index in [0.29, 0.717) is 10.8 Å². The van der Waals surface area contributed by atoms with Gasteiger partial charge in [-0.3, -0.25) is 0 Å². The van der Waals surface area contributed by atoms with E-state index in [1.165, 1.54) is 19.3 Å². The second kappa shape index (κ2) is 6.02. The molecule has 1 aromatic carbocycles. The third-order valence-corrected chi connectivity index (χ3v) is 5.00. The van der Waals surface area contributed by atoms with E-state index in [1.807, 2.05) is 6.07 Å². The lowest BCUT2D eigenvalue weighted by atomic mass is 9.70. The molecule has 19 heavy (non-hydrogen) atoms. The van der Waals surface area contributed by atoms with Crippen molar-refractivity contribution in [3.8, 4) is 5.75 Å². The van der Waals surface area contributed by atoms with Crippen molar-refractivity contribution < 1.29 is 9.84 Å². The van der Waals surface area contributed by atoms with Gasteiger partial charge in [-0.15, -0.1) is 0 Å². The van der Waals surface area contributed by atoms with E-state index in [9.17, 15) is 5.11 Å². The van der Waals surface area contributed by atoms with Gasteiger partial charge in [0.2, 0.25) is 0 Å². The van der Waals surface area contributed by atoms with Crippen LogP contribution in [0.25, 0.3) is 0 Å². The first-order valence-corrected chi connectivity index (χ1v) is 7.86. The maximum absolute atomic E-state index is 10.8. The van der Waals surface area contributed by atoms with Crippen molar-refractivity contribution in [2.45, 2.75) is 45.1 Å². The highest BCUT2D eigenvalue weighted by Gasteiger charge is 2.37. The number of ether oxygens (including phenoxy) is 1. The van der Waals surface area contributed by atoms with Crippen molar-refractivity contribution in [2.24, 2.45) is 5.41 Å². The molecule has 2 nitrogen and oxygen atoms in total. The molecule has 0 spiro atoms. The normalized spacial score (nSPS) is 20.1. The molecule has 0 saturated heterocycles. The fourth-order valence-corrected chi connectivity index (χ4v) is 4.00. The van der Waals surface area contributed by atoms with Gasteiger partial charge in [0, 0.05) is 10.6 Å². The van der Waals surface area contributed by atoms with Crippen LogP contribution in [0.4, 0.5) is 0 Å². The summed E-state index contributed by atoms with van der Waals surface area (Å²) < 4.78 is 6.21. The van der Waals surface area contributed by atoms with Crippen LogP contribution in [0, 0.1) is 5.41 Å². The summed E-state index contributed by atoms with van der Waals surface area (Å²) in [5, 5.41) is 11.4. The molecule has 106 valence electrons.